The summed E-state index contributed by atoms with van der Waals surface area (Å²) >= 11 is 0. The third-order valence-electron chi connectivity index (χ3n) is 5.02. The van der Waals surface area contributed by atoms with Gasteiger partial charge in [-0.25, -0.2) is 0 Å². The van der Waals surface area contributed by atoms with E-state index in [0.717, 1.165) is 38.8 Å². The van der Waals surface area contributed by atoms with Gasteiger partial charge in [-0.3, -0.25) is 9.59 Å². The maximum absolute atomic E-state index is 12.4. The number of amides is 2. The van der Waals surface area contributed by atoms with Gasteiger partial charge in [0.1, 0.15) is 0 Å². The lowest BCUT2D eigenvalue weighted by Crippen LogP contribution is -2.49. The molecule has 1 unspecified atom stereocenters. The first-order chi connectivity index (χ1) is 11.3. The van der Waals surface area contributed by atoms with Crippen LogP contribution in [0.25, 0.3) is 0 Å². The largest absolute Gasteiger partial charge is 0.355 e. The topological polar surface area (TPSA) is 64.7 Å². The maximum Gasteiger partial charge on any atom is 0.239 e. The number of hydrogen-bond acceptors (Lipinski definition) is 4. The van der Waals surface area contributed by atoms with E-state index in [9.17, 15) is 9.59 Å². The summed E-state index contributed by atoms with van der Waals surface area (Å²) in [6.45, 7) is 8.32. The molecule has 1 atom stereocenters. The molecule has 2 amide bonds. The lowest BCUT2D eigenvalue weighted by atomic mass is 9.91. The minimum atomic E-state index is 0. The smallest absolute Gasteiger partial charge is 0.239 e. The second kappa shape index (κ2) is 9.74. The summed E-state index contributed by atoms with van der Waals surface area (Å²) in [5, 5.41) is 6.38. The van der Waals surface area contributed by atoms with Crippen LogP contribution in [0.4, 0.5) is 0 Å². The Morgan fingerprint density at radius 1 is 1.20 bits per heavy atom. The molecule has 2 rings (SSSR count). The minimum absolute atomic E-state index is 0. The molecule has 2 aliphatic rings. The summed E-state index contributed by atoms with van der Waals surface area (Å²) in [7, 11) is 4.10. The van der Waals surface area contributed by atoms with Gasteiger partial charge in [-0.2, -0.15) is 0 Å². The van der Waals surface area contributed by atoms with Crippen molar-refractivity contribution in [3.05, 3.63) is 0 Å². The van der Waals surface area contributed by atoms with Crippen molar-refractivity contribution < 1.29 is 9.59 Å². The average molecular weight is 375 g/mol. The molecule has 2 aliphatic heterocycles. The van der Waals surface area contributed by atoms with Gasteiger partial charge in [-0.1, -0.05) is 13.8 Å². The number of likely N-dealkylation sites (tertiary alicyclic amines) is 1. The Hall–Kier alpha value is -0.850. The third-order valence-corrected chi connectivity index (χ3v) is 5.02. The Labute approximate surface area is 158 Å². The molecule has 2 fully saturated rings. The molecule has 7 heteroatoms. The Bertz CT molecular complexity index is 442. The number of halogens is 1. The number of hydrogen-bond donors (Lipinski definition) is 2. The van der Waals surface area contributed by atoms with Crippen LogP contribution in [0.1, 0.15) is 39.5 Å². The van der Waals surface area contributed by atoms with Gasteiger partial charge in [0.25, 0.3) is 0 Å². The van der Waals surface area contributed by atoms with Crippen LogP contribution >= 0.6 is 12.4 Å². The van der Waals surface area contributed by atoms with E-state index in [4.69, 9.17) is 0 Å². The number of nitrogens with one attached hydrogen (secondary N) is 2. The van der Waals surface area contributed by atoms with Crippen molar-refractivity contribution in [2.45, 2.75) is 45.6 Å². The standard InChI is InChI=1S/C18H34N4O2.ClH/c1-18(2,13-21(3)4)12-20-16(23)14-7-10-22(11-8-14)17(24)15-6-5-9-19-15;/h14-15,19H,5-13H2,1-4H3,(H,20,23);1H. The van der Waals surface area contributed by atoms with Crippen LogP contribution in [-0.2, 0) is 9.59 Å². The number of piperidine rings is 1. The molecule has 0 saturated carbocycles. The summed E-state index contributed by atoms with van der Waals surface area (Å²) in [6, 6.07) is 0.00205. The molecule has 6 nitrogen and oxygen atoms in total. The highest BCUT2D eigenvalue weighted by molar-refractivity contribution is 5.85. The summed E-state index contributed by atoms with van der Waals surface area (Å²) in [5.41, 5.74) is 0.0595. The molecular weight excluding hydrogens is 340 g/mol. The van der Waals surface area contributed by atoms with Crippen LogP contribution in [0.3, 0.4) is 0 Å². The van der Waals surface area contributed by atoms with E-state index in [2.05, 4.69) is 43.5 Å². The normalized spacial score (nSPS) is 22.0. The third kappa shape index (κ3) is 6.76. The molecule has 0 aromatic heterocycles. The van der Waals surface area contributed by atoms with Gasteiger partial charge in [0.05, 0.1) is 6.04 Å². The second-order valence-electron chi connectivity index (χ2n) is 8.37. The zero-order valence-corrected chi connectivity index (χ0v) is 17.0. The monoisotopic (exact) mass is 374 g/mol. The number of carbonyl (C=O) groups is 2. The van der Waals surface area contributed by atoms with Crippen LogP contribution in [0.2, 0.25) is 0 Å². The van der Waals surface area contributed by atoms with Crippen molar-refractivity contribution in [1.82, 2.24) is 20.4 Å². The van der Waals surface area contributed by atoms with E-state index in [0.29, 0.717) is 19.6 Å². The molecule has 0 aromatic rings. The van der Waals surface area contributed by atoms with Gasteiger partial charge in [-0.05, 0) is 51.7 Å². The van der Waals surface area contributed by atoms with E-state index in [-0.39, 0.29) is 41.6 Å². The average Bonchev–Trinajstić information content (AvgIpc) is 3.05. The van der Waals surface area contributed by atoms with Crippen LogP contribution in [0, 0.1) is 11.3 Å². The fourth-order valence-electron chi connectivity index (χ4n) is 3.86. The molecule has 0 bridgehead atoms. The van der Waals surface area contributed by atoms with E-state index >= 15 is 0 Å². The Morgan fingerprint density at radius 3 is 2.36 bits per heavy atom. The highest BCUT2D eigenvalue weighted by Crippen LogP contribution is 2.21. The Kier molecular flexibility index (Phi) is 8.64. The first kappa shape index (κ1) is 22.2. The van der Waals surface area contributed by atoms with E-state index < -0.39 is 0 Å². The zero-order chi connectivity index (χ0) is 17.7. The number of nitrogens with zero attached hydrogens (tertiary/aromatic N) is 2. The van der Waals surface area contributed by atoms with Crippen LogP contribution in [-0.4, -0.2) is 74.5 Å². The minimum Gasteiger partial charge on any atom is -0.355 e. The number of carbonyl (C=O) groups excluding carboxylic acids is 2. The number of rotatable bonds is 6. The van der Waals surface area contributed by atoms with Crippen molar-refractivity contribution >= 4 is 24.2 Å². The van der Waals surface area contributed by atoms with E-state index in [1.807, 2.05) is 4.90 Å². The lowest BCUT2D eigenvalue weighted by molar-refractivity contribution is -0.137. The molecule has 0 aromatic carbocycles. The van der Waals surface area contributed by atoms with Crippen molar-refractivity contribution in [1.29, 1.82) is 0 Å². The van der Waals surface area contributed by atoms with Gasteiger partial charge in [0.15, 0.2) is 0 Å². The Morgan fingerprint density at radius 2 is 1.84 bits per heavy atom. The lowest BCUT2D eigenvalue weighted by Gasteiger charge is -2.34. The van der Waals surface area contributed by atoms with E-state index in [1.54, 1.807) is 0 Å². The zero-order valence-electron chi connectivity index (χ0n) is 16.1. The van der Waals surface area contributed by atoms with Gasteiger partial charge >= 0.3 is 0 Å². The molecule has 0 spiro atoms. The van der Waals surface area contributed by atoms with Crippen LogP contribution in [0.15, 0.2) is 0 Å². The van der Waals surface area contributed by atoms with Gasteiger partial charge in [0, 0.05) is 32.1 Å². The Balaban J connectivity index is 0.00000312. The molecule has 25 heavy (non-hydrogen) atoms. The predicted molar refractivity (Wildman–Crippen MR) is 103 cm³/mol. The SMILES string of the molecule is CN(C)CC(C)(C)CNC(=O)C1CCN(C(=O)C2CCCN2)CC1.Cl. The predicted octanol–water partition coefficient (Wildman–Crippen LogP) is 1.10. The van der Waals surface area contributed by atoms with Gasteiger partial charge < -0.3 is 20.4 Å². The maximum atomic E-state index is 12.4. The first-order valence-corrected chi connectivity index (χ1v) is 9.23. The summed E-state index contributed by atoms with van der Waals surface area (Å²) in [4.78, 5) is 28.9. The first-order valence-electron chi connectivity index (χ1n) is 9.23. The van der Waals surface area contributed by atoms with Crippen molar-refractivity contribution in [2.75, 3.05) is 46.8 Å². The summed E-state index contributed by atoms with van der Waals surface area (Å²) in [6.07, 6.45) is 3.58. The molecule has 2 saturated heterocycles. The molecular formula is C18H35ClN4O2. The molecule has 146 valence electrons. The fourth-order valence-corrected chi connectivity index (χ4v) is 3.86. The van der Waals surface area contributed by atoms with Gasteiger partial charge in [-0.15, -0.1) is 12.4 Å². The molecule has 2 N–H and O–H groups in total. The highest BCUT2D eigenvalue weighted by Gasteiger charge is 2.32. The second-order valence-corrected chi connectivity index (χ2v) is 8.37. The van der Waals surface area contributed by atoms with Crippen LogP contribution < -0.4 is 10.6 Å². The summed E-state index contributed by atoms with van der Waals surface area (Å²) in [5.74, 6) is 0.409. The molecule has 0 radical (unpaired) electrons. The highest BCUT2D eigenvalue weighted by atomic mass is 35.5. The van der Waals surface area contributed by atoms with Crippen molar-refractivity contribution in [2.24, 2.45) is 11.3 Å². The quantitative estimate of drug-likeness (QED) is 0.730. The van der Waals surface area contributed by atoms with Crippen LogP contribution in [0.5, 0.6) is 0 Å². The van der Waals surface area contributed by atoms with Crippen molar-refractivity contribution in [3.8, 4) is 0 Å². The van der Waals surface area contributed by atoms with Gasteiger partial charge in [0.2, 0.25) is 11.8 Å². The van der Waals surface area contributed by atoms with E-state index in [1.165, 1.54) is 0 Å². The fraction of sp³-hybridized carbons (Fsp3) is 0.889. The summed E-state index contributed by atoms with van der Waals surface area (Å²) < 4.78 is 0. The van der Waals surface area contributed by atoms with Crippen molar-refractivity contribution in [3.63, 3.8) is 0 Å². The molecule has 2 heterocycles. The molecule has 0 aliphatic carbocycles.